The van der Waals surface area contributed by atoms with E-state index < -0.39 is 18.4 Å². The molecule has 2 aliphatic heterocycles. The van der Waals surface area contributed by atoms with Gasteiger partial charge in [0.15, 0.2) is 12.6 Å². The Morgan fingerprint density at radius 2 is 1.86 bits per heavy atom. The van der Waals surface area contributed by atoms with Crippen LogP contribution in [-0.2, 0) is 14.4 Å². The molecule has 3 N–H and O–H groups in total. The van der Waals surface area contributed by atoms with Gasteiger partial charge in [0.2, 0.25) is 5.79 Å². The monoisotopic (exact) mass is 391 g/mol. The number of hydrogen-bond donors (Lipinski definition) is 3. The molecule has 0 amide bonds. The van der Waals surface area contributed by atoms with Crippen LogP contribution in [0, 0.1) is 35.0 Å². The molecule has 2 saturated heterocycles. The second kappa shape index (κ2) is 9.01. The van der Waals surface area contributed by atoms with Gasteiger partial charge in [0.25, 0.3) is 0 Å². The lowest BCUT2D eigenvalue weighted by molar-refractivity contribution is -0.442. The quantitative estimate of drug-likeness (QED) is 0.398. The fourth-order valence-electron chi connectivity index (χ4n) is 5.07. The van der Waals surface area contributed by atoms with E-state index >= 15 is 0 Å². The molecule has 6 heteroatoms. The van der Waals surface area contributed by atoms with Crippen LogP contribution in [0.5, 0.6) is 0 Å². The largest absolute Gasteiger partial charge is 0.368 e. The molecule has 6 unspecified atom stereocenters. The van der Waals surface area contributed by atoms with Gasteiger partial charge in [-0.2, -0.15) is 0 Å². The maximum absolute atomic E-state index is 10.1. The van der Waals surface area contributed by atoms with Crippen LogP contribution in [0.15, 0.2) is 30.3 Å². The summed E-state index contributed by atoms with van der Waals surface area (Å²) in [5.41, 5.74) is 0.951. The minimum absolute atomic E-state index is 0.134. The van der Waals surface area contributed by atoms with E-state index in [0.29, 0.717) is 24.2 Å². The molecular weight excluding hydrogens is 358 g/mol. The smallest absolute Gasteiger partial charge is 0.201 e. The summed E-state index contributed by atoms with van der Waals surface area (Å²) in [6.07, 6.45) is 3.95. The highest BCUT2D eigenvalue weighted by molar-refractivity contribution is 5.76. The predicted molar refractivity (Wildman–Crippen MR) is 106 cm³/mol. The van der Waals surface area contributed by atoms with Crippen LogP contribution >= 0.6 is 0 Å². The van der Waals surface area contributed by atoms with E-state index in [2.05, 4.69) is 18.7 Å². The van der Waals surface area contributed by atoms with Crippen molar-refractivity contribution in [2.45, 2.75) is 64.8 Å². The average Bonchev–Trinajstić information content (AvgIpc) is 2.86. The number of aliphatic hydroxyl groups is 1. The second-order valence-electron chi connectivity index (χ2n) is 8.65. The Bertz CT molecular complexity index is 641. The Kier molecular flexibility index (Phi) is 6.89. The molecule has 0 spiro atoms. The van der Waals surface area contributed by atoms with Crippen LogP contribution < -0.4 is 0 Å². The zero-order valence-electron chi connectivity index (χ0n) is 17.0. The van der Waals surface area contributed by atoms with Crippen LogP contribution in [0.1, 0.15) is 52.0 Å². The number of aliphatic hydroxyl groups excluding tert-OH is 1. The zero-order chi connectivity index (χ0) is 20.3. The Morgan fingerprint density at radius 1 is 1.14 bits per heavy atom. The molecule has 28 heavy (non-hydrogen) atoms. The third-order valence-corrected chi connectivity index (χ3v) is 6.84. The van der Waals surface area contributed by atoms with Crippen LogP contribution in [0.3, 0.4) is 0 Å². The molecule has 0 aromatic heterocycles. The third kappa shape index (κ3) is 4.47. The van der Waals surface area contributed by atoms with Gasteiger partial charge in [0, 0.05) is 24.5 Å². The van der Waals surface area contributed by atoms with Gasteiger partial charge < -0.3 is 20.0 Å². The zero-order valence-corrected chi connectivity index (χ0v) is 17.0. The minimum Gasteiger partial charge on any atom is -0.368 e. The van der Waals surface area contributed by atoms with Crippen molar-refractivity contribution in [2.75, 3.05) is 0 Å². The highest BCUT2D eigenvalue weighted by Gasteiger charge is 2.54. The van der Waals surface area contributed by atoms with Crippen molar-refractivity contribution in [2.24, 2.45) is 29.6 Å². The molecule has 1 aromatic rings. The summed E-state index contributed by atoms with van der Waals surface area (Å²) in [4.78, 5) is 4.57. The summed E-state index contributed by atoms with van der Waals surface area (Å²) >= 11 is 0. The van der Waals surface area contributed by atoms with Gasteiger partial charge in [-0.3, -0.25) is 0 Å². The van der Waals surface area contributed by atoms with E-state index in [0.717, 1.165) is 18.4 Å². The lowest BCUT2D eigenvalue weighted by atomic mass is 9.61. The van der Waals surface area contributed by atoms with Gasteiger partial charge in [-0.05, 0) is 43.1 Å². The second-order valence-corrected chi connectivity index (χ2v) is 8.65. The van der Waals surface area contributed by atoms with Gasteiger partial charge in [-0.15, -0.1) is 0 Å². The third-order valence-electron chi connectivity index (χ3n) is 6.84. The van der Waals surface area contributed by atoms with Crippen molar-refractivity contribution >= 4 is 6.21 Å². The molecule has 6 nitrogen and oxygen atoms in total. The predicted octanol–water partition coefficient (Wildman–Crippen LogP) is 4.28. The van der Waals surface area contributed by atoms with Crippen molar-refractivity contribution in [1.29, 1.82) is 5.41 Å². The SMILES string of the molecule is C[C@H]1C(O)OC2OC(C)(OO)CCC3C2C1CC[C@H]3C.N=Cc1ccccc1. The topological polar surface area (TPSA) is 92.0 Å². The molecule has 0 radical (unpaired) electrons. The van der Waals surface area contributed by atoms with Crippen LogP contribution in [0.25, 0.3) is 0 Å². The molecule has 3 fully saturated rings. The first-order valence-electron chi connectivity index (χ1n) is 10.3. The summed E-state index contributed by atoms with van der Waals surface area (Å²) < 4.78 is 11.6. The maximum atomic E-state index is 10.1. The molecule has 1 saturated carbocycles. The number of rotatable bonds is 2. The van der Waals surface area contributed by atoms with Gasteiger partial charge in [-0.1, -0.05) is 50.6 Å². The molecule has 8 atom stereocenters. The van der Waals surface area contributed by atoms with Crippen molar-refractivity contribution in [3.05, 3.63) is 35.9 Å². The molecule has 2 heterocycles. The molecule has 3 aliphatic rings. The van der Waals surface area contributed by atoms with Crippen LogP contribution in [0.4, 0.5) is 0 Å². The minimum atomic E-state index is -1.04. The molecule has 1 aliphatic carbocycles. The Labute approximate surface area is 167 Å². The number of ether oxygens (including phenoxy) is 2. The highest BCUT2D eigenvalue weighted by Crippen LogP contribution is 2.53. The van der Waals surface area contributed by atoms with Crippen molar-refractivity contribution in [3.63, 3.8) is 0 Å². The van der Waals surface area contributed by atoms with Crippen molar-refractivity contribution in [1.82, 2.24) is 0 Å². The first-order valence-corrected chi connectivity index (χ1v) is 10.3. The number of nitrogens with one attached hydrogen (secondary N) is 1. The summed E-state index contributed by atoms with van der Waals surface area (Å²) in [5, 5.41) is 26.1. The molecule has 156 valence electrons. The van der Waals surface area contributed by atoms with Crippen LogP contribution in [-0.4, -0.2) is 34.9 Å². The van der Waals surface area contributed by atoms with E-state index in [1.807, 2.05) is 30.3 Å². The van der Waals surface area contributed by atoms with E-state index in [9.17, 15) is 5.11 Å². The van der Waals surface area contributed by atoms with Gasteiger partial charge in [0.1, 0.15) is 0 Å². The normalized spacial score (nSPS) is 42.4. The van der Waals surface area contributed by atoms with Gasteiger partial charge >= 0.3 is 0 Å². The highest BCUT2D eigenvalue weighted by atomic mass is 17.1. The number of hydrogen-bond acceptors (Lipinski definition) is 6. The van der Waals surface area contributed by atoms with E-state index in [-0.39, 0.29) is 11.8 Å². The van der Waals surface area contributed by atoms with Gasteiger partial charge in [0.05, 0.1) is 0 Å². The van der Waals surface area contributed by atoms with Gasteiger partial charge in [-0.25, -0.2) is 10.1 Å². The van der Waals surface area contributed by atoms with E-state index in [1.165, 1.54) is 12.6 Å². The fourth-order valence-corrected chi connectivity index (χ4v) is 5.07. The lowest BCUT2D eigenvalue weighted by Gasteiger charge is -2.51. The fraction of sp³-hybridized carbons (Fsp3) is 0.682. The summed E-state index contributed by atoms with van der Waals surface area (Å²) in [6, 6.07) is 9.56. The van der Waals surface area contributed by atoms with Crippen molar-refractivity contribution < 1.29 is 24.7 Å². The molecular formula is C22H33NO5. The lowest BCUT2D eigenvalue weighted by Crippen LogP contribution is -2.53. The molecule has 0 bridgehead atoms. The summed E-state index contributed by atoms with van der Waals surface area (Å²) in [6.45, 7) is 6.08. The average molecular weight is 392 g/mol. The maximum Gasteiger partial charge on any atom is 0.201 e. The molecule has 4 rings (SSSR count). The Morgan fingerprint density at radius 3 is 2.46 bits per heavy atom. The summed E-state index contributed by atoms with van der Waals surface area (Å²) in [7, 11) is 0. The van der Waals surface area contributed by atoms with E-state index in [1.54, 1.807) is 6.92 Å². The Balaban J connectivity index is 0.000000236. The van der Waals surface area contributed by atoms with Crippen molar-refractivity contribution in [3.8, 4) is 0 Å². The first-order chi connectivity index (χ1) is 13.4. The van der Waals surface area contributed by atoms with E-state index in [4.69, 9.17) is 20.1 Å². The molecule has 1 aromatic carbocycles. The standard InChI is InChI=1S/C15H26O5.C7H7N/c1-8-4-5-11-9(2)13(16)18-14-12(11)10(8)6-7-15(3,19-14)20-17;8-6-7-4-2-1-3-5-7/h8-14,16-17H,4-7H2,1-3H3;1-6,8H/t8-,9-,10?,11?,12?,13?,14?,15?;/m1./s1. The van der Waals surface area contributed by atoms with Crippen LogP contribution in [0.2, 0.25) is 0 Å². The Hall–Kier alpha value is -1.31. The number of benzene rings is 1. The summed E-state index contributed by atoms with van der Waals surface area (Å²) in [5.74, 6) is 0.932. The first kappa shape index (κ1) is 21.4.